The Morgan fingerprint density at radius 1 is 0.324 bits per heavy atom. The van der Waals surface area contributed by atoms with Crippen molar-refractivity contribution in [3.63, 3.8) is 0 Å². The molecule has 0 radical (unpaired) electrons. The molecule has 0 spiro atoms. The maximum Gasteiger partial charge on any atom is 0.220 e. The zero-order valence-corrected chi connectivity index (χ0v) is 69.1. The van der Waals surface area contributed by atoms with Gasteiger partial charge in [-0.15, -0.1) is 0 Å². The van der Waals surface area contributed by atoms with Crippen molar-refractivity contribution < 1.29 is 89.4 Å². The number of amides is 1. The van der Waals surface area contributed by atoms with E-state index < -0.39 is 124 Å². The Labute approximate surface area is 658 Å². The summed E-state index contributed by atoms with van der Waals surface area (Å²) in [5.41, 5.74) is 0. The van der Waals surface area contributed by atoms with Crippen LogP contribution in [-0.4, -0.2) is 193 Å². The molecule has 17 unspecified atom stereocenters. The fourth-order valence-electron chi connectivity index (χ4n) is 16.0. The molecule has 19 heteroatoms. The number of ether oxygens (including phenoxy) is 6. The van der Waals surface area contributed by atoms with Crippen molar-refractivity contribution in [2.75, 3.05) is 26.4 Å². The Morgan fingerprint density at radius 2 is 0.574 bits per heavy atom. The minimum Gasteiger partial charge on any atom is -0.394 e. The first-order valence-corrected chi connectivity index (χ1v) is 45.9. The van der Waals surface area contributed by atoms with Crippen molar-refractivity contribution in [1.29, 1.82) is 0 Å². The minimum atomic E-state index is -1.98. The molecule has 0 aromatic heterocycles. The van der Waals surface area contributed by atoms with Gasteiger partial charge in [0.1, 0.15) is 73.2 Å². The van der Waals surface area contributed by atoms with Crippen LogP contribution in [0.25, 0.3) is 0 Å². The van der Waals surface area contributed by atoms with Crippen molar-refractivity contribution in [2.45, 2.75) is 523 Å². The van der Waals surface area contributed by atoms with Crippen LogP contribution in [0, 0.1) is 0 Å². The Balaban J connectivity index is 1.31. The van der Waals surface area contributed by atoms with E-state index in [0.717, 1.165) is 44.9 Å². The summed E-state index contributed by atoms with van der Waals surface area (Å²) in [4.78, 5) is 13.5. The molecule has 108 heavy (non-hydrogen) atoms. The van der Waals surface area contributed by atoms with Crippen LogP contribution in [0.3, 0.4) is 0 Å². The average molecular weight is 1540 g/mol. The molecule has 3 heterocycles. The van der Waals surface area contributed by atoms with E-state index in [0.29, 0.717) is 6.42 Å². The van der Waals surface area contributed by atoms with Crippen molar-refractivity contribution in [3.8, 4) is 0 Å². The van der Waals surface area contributed by atoms with Crippen molar-refractivity contribution >= 4 is 5.91 Å². The molecule has 3 rings (SSSR count). The highest BCUT2D eigenvalue weighted by Crippen LogP contribution is 2.34. The minimum absolute atomic E-state index is 0.251. The quantitative estimate of drug-likeness (QED) is 0.0199. The molecule has 3 aliphatic rings. The molecule has 19 nitrogen and oxygen atoms in total. The summed E-state index contributed by atoms with van der Waals surface area (Å²) in [6, 6.07) is -0.971. The van der Waals surface area contributed by atoms with Gasteiger partial charge in [-0.3, -0.25) is 4.79 Å². The molecule has 12 N–H and O–H groups in total. The lowest BCUT2D eigenvalue weighted by atomic mass is 9.96. The van der Waals surface area contributed by atoms with Gasteiger partial charge in [0.25, 0.3) is 0 Å². The van der Waals surface area contributed by atoms with Gasteiger partial charge in [-0.25, -0.2) is 0 Å². The number of hydrogen-bond donors (Lipinski definition) is 12. The van der Waals surface area contributed by atoms with Gasteiger partial charge in [-0.2, -0.15) is 0 Å². The van der Waals surface area contributed by atoms with E-state index in [9.17, 15) is 61.0 Å². The summed E-state index contributed by atoms with van der Waals surface area (Å²) in [5.74, 6) is -0.264. The van der Waals surface area contributed by atoms with Crippen LogP contribution in [0.4, 0.5) is 0 Å². The van der Waals surface area contributed by atoms with E-state index in [-0.39, 0.29) is 18.9 Å². The topological polar surface area (TPSA) is 307 Å². The fraction of sp³-hybridized carbons (Fsp3) is 0.966. The molecular weight excluding hydrogens is 1370 g/mol. The molecule has 3 aliphatic heterocycles. The summed E-state index contributed by atoms with van der Waals surface area (Å²) < 4.78 is 34.5. The molecule has 3 fully saturated rings. The molecule has 0 aromatic rings. The van der Waals surface area contributed by atoms with E-state index in [1.54, 1.807) is 6.08 Å². The number of carbonyl (C=O) groups is 1. The van der Waals surface area contributed by atoms with Crippen molar-refractivity contribution in [2.24, 2.45) is 0 Å². The summed E-state index contributed by atoms with van der Waals surface area (Å²) in [5, 5.41) is 121. The monoisotopic (exact) mass is 1540 g/mol. The zero-order chi connectivity index (χ0) is 78.1. The maximum atomic E-state index is 13.5. The van der Waals surface area contributed by atoms with Gasteiger partial charge in [-0.1, -0.05) is 405 Å². The summed E-state index contributed by atoms with van der Waals surface area (Å²) in [6.45, 7) is 1.82. The van der Waals surface area contributed by atoms with E-state index in [4.69, 9.17) is 28.4 Å². The first kappa shape index (κ1) is 101. The Hall–Kier alpha value is -1.47. The molecule has 17 atom stereocenters. The van der Waals surface area contributed by atoms with Crippen molar-refractivity contribution in [1.82, 2.24) is 5.32 Å². The third-order valence-electron chi connectivity index (χ3n) is 23.3. The van der Waals surface area contributed by atoms with Crippen LogP contribution in [-0.2, 0) is 33.2 Å². The lowest BCUT2D eigenvalue weighted by Crippen LogP contribution is -2.66. The second-order valence-electron chi connectivity index (χ2n) is 33.1. The molecule has 0 aromatic carbocycles. The fourth-order valence-corrected chi connectivity index (χ4v) is 16.0. The predicted octanol–water partition coefficient (Wildman–Crippen LogP) is 17.5. The molecule has 0 bridgehead atoms. The predicted molar refractivity (Wildman–Crippen MR) is 434 cm³/mol. The highest BCUT2D eigenvalue weighted by molar-refractivity contribution is 5.76. The van der Waals surface area contributed by atoms with Gasteiger partial charge < -0.3 is 89.9 Å². The number of aliphatic hydroxyl groups excluding tert-OH is 11. The standard InChI is InChI=1S/C89H171NO18/c1-3-5-7-9-11-13-15-17-19-21-23-25-27-29-31-32-33-34-35-36-37-38-39-40-41-43-45-47-49-51-53-55-57-59-61-63-65-67-77(95)90-72(73(94)66-64-62-60-58-56-54-52-50-48-46-44-42-30-28-26-24-22-20-18-16-14-12-10-8-6-4-2)71-103-87-83(101)80(98)85(75(69-92)105-87)108-89-84(102)81(99)86(76(70-93)106-89)107-88-82(100)79(97)78(96)74(68-91)104-88/h64,66,72-76,78-89,91-94,96-102H,3-63,65,67-71H2,1-2H3,(H,90,95)/b66-64+. The Bertz CT molecular complexity index is 1990. The van der Waals surface area contributed by atoms with Crippen LogP contribution >= 0.6 is 0 Å². The number of rotatable bonds is 76. The van der Waals surface area contributed by atoms with Gasteiger partial charge in [0.2, 0.25) is 5.91 Å². The second-order valence-corrected chi connectivity index (χ2v) is 33.1. The van der Waals surface area contributed by atoms with E-state index in [2.05, 4.69) is 19.2 Å². The van der Waals surface area contributed by atoms with E-state index >= 15 is 0 Å². The Kier molecular flexibility index (Phi) is 65.1. The van der Waals surface area contributed by atoms with Crippen LogP contribution in [0.2, 0.25) is 0 Å². The first-order chi connectivity index (χ1) is 52.8. The van der Waals surface area contributed by atoms with Gasteiger partial charge in [0, 0.05) is 6.42 Å². The maximum absolute atomic E-state index is 13.5. The molecular formula is C89H171NO18. The largest absolute Gasteiger partial charge is 0.394 e. The lowest BCUT2D eigenvalue weighted by molar-refractivity contribution is -0.379. The highest BCUT2D eigenvalue weighted by atomic mass is 16.8. The van der Waals surface area contributed by atoms with Crippen LogP contribution in [0.5, 0.6) is 0 Å². The third-order valence-corrected chi connectivity index (χ3v) is 23.3. The Morgan fingerprint density at radius 3 is 0.870 bits per heavy atom. The van der Waals surface area contributed by atoms with Crippen molar-refractivity contribution in [3.05, 3.63) is 12.2 Å². The number of carbonyl (C=O) groups excluding carboxylic acids is 1. The lowest BCUT2D eigenvalue weighted by Gasteiger charge is -2.48. The molecule has 0 saturated carbocycles. The number of nitrogens with one attached hydrogen (secondary N) is 1. The summed E-state index contributed by atoms with van der Waals surface area (Å²) in [6.07, 6.45) is 59.5. The third kappa shape index (κ3) is 48.2. The number of unbranched alkanes of at least 4 members (excludes halogenated alkanes) is 60. The van der Waals surface area contributed by atoms with Crippen LogP contribution in [0.15, 0.2) is 12.2 Å². The van der Waals surface area contributed by atoms with Gasteiger partial charge in [0.15, 0.2) is 18.9 Å². The second kappa shape index (κ2) is 69.8. The number of hydrogen-bond acceptors (Lipinski definition) is 18. The molecule has 1 amide bonds. The van der Waals surface area contributed by atoms with Gasteiger partial charge >= 0.3 is 0 Å². The van der Waals surface area contributed by atoms with Gasteiger partial charge in [-0.05, 0) is 19.3 Å². The van der Waals surface area contributed by atoms with Gasteiger partial charge in [0.05, 0.1) is 38.6 Å². The molecule has 640 valence electrons. The van der Waals surface area contributed by atoms with Crippen LogP contribution < -0.4 is 5.32 Å². The van der Waals surface area contributed by atoms with Crippen LogP contribution in [0.1, 0.15) is 418 Å². The van der Waals surface area contributed by atoms with E-state index in [1.807, 2.05) is 6.08 Å². The smallest absolute Gasteiger partial charge is 0.220 e. The average Bonchev–Trinajstić information content (AvgIpc) is 0.779. The van der Waals surface area contributed by atoms with E-state index in [1.165, 1.54) is 347 Å². The number of aliphatic hydroxyl groups is 11. The molecule has 3 saturated heterocycles. The molecule has 0 aliphatic carbocycles. The highest BCUT2D eigenvalue weighted by Gasteiger charge is 2.54. The normalized spacial score (nSPS) is 25.4. The number of allylic oxidation sites excluding steroid dienone is 1. The SMILES string of the molecule is CCCCCCCCCCCCCCCCCCCCCCCCCC/C=C/C(O)C(COC1OC(CO)C(OC2OC(CO)C(OC3OC(CO)C(O)C(O)C3O)C(O)C2O)C(O)C1O)NC(=O)CCCCCCCCCCCCCCCCCCCCCCCCCCCCCCCCCCCCCCC. The summed E-state index contributed by atoms with van der Waals surface area (Å²) >= 11 is 0. The summed E-state index contributed by atoms with van der Waals surface area (Å²) in [7, 11) is 0. The first-order valence-electron chi connectivity index (χ1n) is 45.9. The zero-order valence-electron chi connectivity index (χ0n) is 69.1.